The molecule has 0 saturated heterocycles. The molecule has 0 unspecified atom stereocenters. The predicted molar refractivity (Wildman–Crippen MR) is 111 cm³/mol. The standard InChI is InChI=1S/C20H14N4O4S/c1-13-7-8-15-17(11-13)29-20(22-15)23(21-12-14-5-3-2-4-6-14)19(25)16-9-10-18(28-16)24(26)27/h2-12H,1H3/b21-12-. The number of thiazole rings is 1. The average Bonchev–Trinajstić information content (AvgIpc) is 3.36. The monoisotopic (exact) mass is 406 g/mol. The summed E-state index contributed by atoms with van der Waals surface area (Å²) in [6.07, 6.45) is 1.52. The third kappa shape index (κ3) is 3.90. The molecule has 0 aliphatic rings. The molecule has 0 bridgehead atoms. The first-order valence-electron chi connectivity index (χ1n) is 8.56. The van der Waals surface area contributed by atoms with Gasteiger partial charge in [0.15, 0.2) is 0 Å². The van der Waals surface area contributed by atoms with Gasteiger partial charge >= 0.3 is 11.8 Å². The molecule has 29 heavy (non-hydrogen) atoms. The summed E-state index contributed by atoms with van der Waals surface area (Å²) in [7, 11) is 0. The molecule has 0 radical (unpaired) electrons. The maximum Gasteiger partial charge on any atom is 0.433 e. The lowest BCUT2D eigenvalue weighted by Crippen LogP contribution is -2.25. The minimum Gasteiger partial charge on any atom is -0.395 e. The molecule has 2 heterocycles. The molecule has 1 amide bonds. The van der Waals surface area contributed by atoms with Crippen LogP contribution in [0.1, 0.15) is 21.7 Å². The lowest BCUT2D eigenvalue weighted by atomic mass is 10.2. The number of hydrogen-bond acceptors (Lipinski definition) is 7. The van der Waals surface area contributed by atoms with Crippen LogP contribution in [0.4, 0.5) is 11.0 Å². The Balaban J connectivity index is 1.75. The van der Waals surface area contributed by atoms with E-state index in [-0.39, 0.29) is 5.76 Å². The van der Waals surface area contributed by atoms with Crippen LogP contribution >= 0.6 is 11.3 Å². The van der Waals surface area contributed by atoms with Crippen LogP contribution in [-0.2, 0) is 0 Å². The first-order chi connectivity index (χ1) is 14.0. The zero-order valence-electron chi connectivity index (χ0n) is 15.2. The van der Waals surface area contributed by atoms with Gasteiger partial charge in [-0.1, -0.05) is 47.7 Å². The Labute approximate surface area is 168 Å². The molecule has 0 fully saturated rings. The first kappa shape index (κ1) is 18.5. The van der Waals surface area contributed by atoms with Gasteiger partial charge in [-0.05, 0) is 36.2 Å². The molecule has 0 aliphatic carbocycles. The fraction of sp³-hybridized carbons (Fsp3) is 0.0500. The van der Waals surface area contributed by atoms with E-state index in [0.717, 1.165) is 32.4 Å². The number of nitrogens with zero attached hydrogens (tertiary/aromatic N) is 4. The van der Waals surface area contributed by atoms with Gasteiger partial charge in [0.05, 0.1) is 22.5 Å². The number of benzene rings is 2. The second kappa shape index (κ2) is 7.64. The highest BCUT2D eigenvalue weighted by Crippen LogP contribution is 2.31. The molecule has 4 rings (SSSR count). The molecule has 0 atom stereocenters. The summed E-state index contributed by atoms with van der Waals surface area (Å²) < 4.78 is 5.97. The normalized spacial score (nSPS) is 11.2. The fourth-order valence-electron chi connectivity index (χ4n) is 2.61. The smallest absolute Gasteiger partial charge is 0.395 e. The Morgan fingerprint density at radius 2 is 2.00 bits per heavy atom. The first-order valence-corrected chi connectivity index (χ1v) is 9.38. The van der Waals surface area contributed by atoms with Gasteiger partial charge in [-0.2, -0.15) is 10.1 Å². The van der Waals surface area contributed by atoms with Gasteiger partial charge < -0.3 is 4.42 Å². The molecular formula is C20H14N4O4S. The summed E-state index contributed by atoms with van der Waals surface area (Å²) in [6.45, 7) is 1.97. The zero-order chi connectivity index (χ0) is 20.4. The number of carbonyl (C=O) groups is 1. The molecule has 144 valence electrons. The largest absolute Gasteiger partial charge is 0.433 e. The van der Waals surface area contributed by atoms with Crippen molar-refractivity contribution in [1.82, 2.24) is 4.98 Å². The van der Waals surface area contributed by atoms with E-state index < -0.39 is 16.7 Å². The van der Waals surface area contributed by atoms with E-state index >= 15 is 0 Å². The molecule has 2 aromatic heterocycles. The second-order valence-electron chi connectivity index (χ2n) is 6.13. The van der Waals surface area contributed by atoms with Crippen molar-refractivity contribution in [1.29, 1.82) is 0 Å². The van der Waals surface area contributed by atoms with E-state index in [1.807, 2.05) is 55.5 Å². The lowest BCUT2D eigenvalue weighted by Gasteiger charge is -2.11. The van der Waals surface area contributed by atoms with Crippen LogP contribution in [0.3, 0.4) is 0 Å². The minimum absolute atomic E-state index is 0.197. The summed E-state index contributed by atoms with van der Waals surface area (Å²) in [5.41, 5.74) is 2.58. The van der Waals surface area contributed by atoms with E-state index in [4.69, 9.17) is 4.42 Å². The van der Waals surface area contributed by atoms with Gasteiger partial charge in [0.25, 0.3) is 0 Å². The topological polar surface area (TPSA) is 102 Å². The van der Waals surface area contributed by atoms with Gasteiger partial charge in [-0.15, -0.1) is 0 Å². The third-order valence-electron chi connectivity index (χ3n) is 4.01. The number of nitro groups is 1. The SMILES string of the molecule is Cc1ccc2nc(N(/N=C\c3ccccc3)C(=O)c3ccc([N+](=O)[O-])o3)sc2c1. The van der Waals surface area contributed by atoms with Crippen LogP contribution in [0.2, 0.25) is 0 Å². The lowest BCUT2D eigenvalue weighted by molar-refractivity contribution is -0.402. The average molecular weight is 406 g/mol. The van der Waals surface area contributed by atoms with E-state index in [0.29, 0.717) is 5.13 Å². The maximum atomic E-state index is 13.0. The van der Waals surface area contributed by atoms with Crippen LogP contribution in [0.15, 0.2) is 70.2 Å². The molecule has 0 spiro atoms. The Kier molecular flexibility index (Phi) is 4.88. The Morgan fingerprint density at radius 1 is 1.21 bits per heavy atom. The van der Waals surface area contributed by atoms with E-state index in [1.165, 1.54) is 23.6 Å². The highest BCUT2D eigenvalue weighted by atomic mass is 32.1. The van der Waals surface area contributed by atoms with Crippen molar-refractivity contribution in [3.05, 3.63) is 87.7 Å². The number of aromatic nitrogens is 1. The highest BCUT2D eigenvalue weighted by Gasteiger charge is 2.26. The molecule has 9 heteroatoms. The summed E-state index contributed by atoms with van der Waals surface area (Å²) in [6, 6.07) is 17.4. The highest BCUT2D eigenvalue weighted by molar-refractivity contribution is 7.22. The molecule has 0 N–H and O–H groups in total. The number of rotatable bonds is 5. The zero-order valence-corrected chi connectivity index (χ0v) is 16.0. The Bertz CT molecular complexity index is 1230. The van der Waals surface area contributed by atoms with Crippen molar-refractivity contribution in [2.75, 3.05) is 5.01 Å². The Hall–Kier alpha value is -3.85. The van der Waals surface area contributed by atoms with Gasteiger partial charge in [-0.3, -0.25) is 14.9 Å². The number of aryl methyl sites for hydroxylation is 1. The number of fused-ring (bicyclic) bond motifs is 1. The summed E-state index contributed by atoms with van der Waals surface area (Å²) in [5.74, 6) is -1.36. The number of anilines is 1. The van der Waals surface area contributed by atoms with Gasteiger partial charge in [0.1, 0.15) is 4.92 Å². The summed E-state index contributed by atoms with van der Waals surface area (Å²) >= 11 is 1.30. The minimum atomic E-state index is -0.700. The van der Waals surface area contributed by atoms with Gasteiger partial charge in [0, 0.05) is 0 Å². The summed E-state index contributed by atoms with van der Waals surface area (Å²) in [4.78, 5) is 27.7. The van der Waals surface area contributed by atoms with Gasteiger partial charge in [-0.25, -0.2) is 4.98 Å². The number of amides is 1. The third-order valence-corrected chi connectivity index (χ3v) is 5.00. The quantitative estimate of drug-likeness (QED) is 0.269. The van der Waals surface area contributed by atoms with Crippen molar-refractivity contribution < 1.29 is 14.1 Å². The maximum absolute atomic E-state index is 13.0. The van der Waals surface area contributed by atoms with Crippen LogP contribution in [0.5, 0.6) is 0 Å². The Morgan fingerprint density at radius 3 is 2.72 bits per heavy atom. The number of furan rings is 1. The molecular weight excluding hydrogens is 392 g/mol. The molecule has 4 aromatic rings. The van der Waals surface area contributed by atoms with E-state index in [1.54, 1.807) is 0 Å². The predicted octanol–water partition coefficient (Wildman–Crippen LogP) is 4.79. The van der Waals surface area contributed by atoms with Crippen molar-refractivity contribution in [3.63, 3.8) is 0 Å². The van der Waals surface area contributed by atoms with Crippen molar-refractivity contribution in [3.8, 4) is 0 Å². The van der Waals surface area contributed by atoms with Crippen molar-refractivity contribution in [2.24, 2.45) is 5.10 Å². The number of hydrogen-bond donors (Lipinski definition) is 0. The van der Waals surface area contributed by atoms with Crippen LogP contribution in [0.25, 0.3) is 10.2 Å². The van der Waals surface area contributed by atoms with E-state index in [2.05, 4.69) is 10.1 Å². The number of carbonyl (C=O) groups excluding carboxylic acids is 1. The fourth-order valence-corrected chi connectivity index (χ4v) is 3.63. The molecule has 2 aromatic carbocycles. The van der Waals surface area contributed by atoms with E-state index in [9.17, 15) is 14.9 Å². The van der Waals surface area contributed by atoms with Gasteiger partial charge in [0.2, 0.25) is 10.9 Å². The van der Waals surface area contributed by atoms with Crippen LogP contribution < -0.4 is 5.01 Å². The molecule has 8 nitrogen and oxygen atoms in total. The molecule has 0 aliphatic heterocycles. The van der Waals surface area contributed by atoms with Crippen molar-refractivity contribution in [2.45, 2.75) is 6.92 Å². The van der Waals surface area contributed by atoms with Crippen LogP contribution in [0, 0.1) is 17.0 Å². The van der Waals surface area contributed by atoms with Crippen LogP contribution in [-0.4, -0.2) is 22.0 Å². The summed E-state index contributed by atoms with van der Waals surface area (Å²) in [5, 5.41) is 16.6. The molecule has 0 saturated carbocycles. The second-order valence-corrected chi connectivity index (χ2v) is 7.14. The van der Waals surface area contributed by atoms with Crippen molar-refractivity contribution >= 4 is 44.7 Å². The number of hydrazone groups is 1.